The van der Waals surface area contributed by atoms with Crippen molar-refractivity contribution in [3.8, 4) is 0 Å². The van der Waals surface area contributed by atoms with Gasteiger partial charge in [-0.2, -0.15) is 0 Å². The van der Waals surface area contributed by atoms with Crippen molar-refractivity contribution in [2.75, 3.05) is 19.8 Å². The van der Waals surface area contributed by atoms with Crippen molar-refractivity contribution in [1.82, 2.24) is 9.47 Å². The number of fused-ring (bicyclic) bond motifs is 1. The molecule has 1 aromatic carbocycles. The Balaban J connectivity index is 1.72. The maximum atomic E-state index is 12.6. The first-order valence-corrected chi connectivity index (χ1v) is 7.55. The predicted octanol–water partition coefficient (Wildman–Crippen LogP) is 2.93. The van der Waals surface area contributed by atoms with Crippen LogP contribution in [0.4, 0.5) is 4.39 Å². The Labute approximate surface area is 124 Å². The van der Waals surface area contributed by atoms with Crippen LogP contribution in [0.1, 0.15) is 18.4 Å². The van der Waals surface area contributed by atoms with Gasteiger partial charge in [-0.1, -0.05) is 18.2 Å². The zero-order valence-corrected chi connectivity index (χ0v) is 12.4. The van der Waals surface area contributed by atoms with Crippen LogP contribution in [0, 0.1) is 5.92 Å². The lowest BCUT2D eigenvalue weighted by molar-refractivity contribution is -0.131. The Morgan fingerprint density at radius 1 is 1.29 bits per heavy atom. The molecular weight excluding hydrogens is 267 g/mol. The topological polar surface area (TPSA) is 25.2 Å². The highest BCUT2D eigenvalue weighted by Crippen LogP contribution is 2.23. The molecule has 0 bridgehead atoms. The van der Waals surface area contributed by atoms with E-state index in [2.05, 4.69) is 16.7 Å². The molecule has 0 N–H and O–H groups in total. The second-order valence-corrected chi connectivity index (χ2v) is 5.94. The highest BCUT2D eigenvalue weighted by Gasteiger charge is 2.23. The largest absolute Gasteiger partial charge is 0.350 e. The number of carbonyl (C=O) groups is 1. The van der Waals surface area contributed by atoms with Crippen molar-refractivity contribution in [3.63, 3.8) is 0 Å². The van der Waals surface area contributed by atoms with E-state index in [4.69, 9.17) is 0 Å². The summed E-state index contributed by atoms with van der Waals surface area (Å²) < 4.78 is 14.7. The summed E-state index contributed by atoms with van der Waals surface area (Å²) >= 11 is 0. The molecule has 2 aromatic rings. The standard InChI is InChI=1S/C17H21FN2O/c1-19-12-14(15-4-2-3-5-16(15)19)10-17(21)20-8-6-13(11-18)7-9-20/h2-5,12-13H,6-11H2,1H3. The van der Waals surface area contributed by atoms with Crippen molar-refractivity contribution in [3.05, 3.63) is 36.0 Å². The lowest BCUT2D eigenvalue weighted by atomic mass is 9.98. The number of para-hydroxylation sites is 1. The van der Waals surface area contributed by atoms with Gasteiger partial charge < -0.3 is 9.47 Å². The van der Waals surface area contributed by atoms with Crippen molar-refractivity contribution >= 4 is 16.8 Å². The second kappa shape index (κ2) is 5.88. The molecular formula is C17H21FN2O. The zero-order valence-electron chi connectivity index (χ0n) is 12.4. The number of carbonyl (C=O) groups excluding carboxylic acids is 1. The van der Waals surface area contributed by atoms with E-state index in [-0.39, 0.29) is 18.5 Å². The predicted molar refractivity (Wildman–Crippen MR) is 81.9 cm³/mol. The van der Waals surface area contributed by atoms with Gasteiger partial charge in [-0.05, 0) is 30.4 Å². The third-order valence-electron chi connectivity index (χ3n) is 4.51. The van der Waals surface area contributed by atoms with Crippen molar-refractivity contribution < 1.29 is 9.18 Å². The molecule has 1 aliphatic heterocycles. The minimum Gasteiger partial charge on any atom is -0.350 e. The number of nitrogens with zero attached hydrogens (tertiary/aromatic N) is 2. The Hall–Kier alpha value is -1.84. The van der Waals surface area contributed by atoms with Crippen LogP contribution < -0.4 is 0 Å². The number of aryl methyl sites for hydroxylation is 1. The fourth-order valence-corrected chi connectivity index (χ4v) is 3.18. The number of rotatable bonds is 3. The summed E-state index contributed by atoms with van der Waals surface area (Å²) in [5, 5.41) is 1.15. The van der Waals surface area contributed by atoms with E-state index in [1.165, 1.54) is 0 Å². The third-order valence-corrected chi connectivity index (χ3v) is 4.51. The summed E-state index contributed by atoms with van der Waals surface area (Å²) in [5.74, 6) is 0.301. The first-order chi connectivity index (χ1) is 10.2. The van der Waals surface area contributed by atoms with Crippen LogP contribution in [0.2, 0.25) is 0 Å². The van der Waals surface area contributed by atoms with Crippen molar-refractivity contribution in [2.45, 2.75) is 19.3 Å². The average molecular weight is 288 g/mol. The zero-order chi connectivity index (χ0) is 14.8. The summed E-state index contributed by atoms with van der Waals surface area (Å²) in [5.41, 5.74) is 2.22. The number of alkyl halides is 1. The summed E-state index contributed by atoms with van der Waals surface area (Å²) in [6.45, 7) is 1.13. The number of aromatic nitrogens is 1. The first-order valence-electron chi connectivity index (χ1n) is 7.55. The molecule has 2 heterocycles. The van der Waals surface area contributed by atoms with Gasteiger partial charge in [-0.25, -0.2) is 0 Å². The van der Waals surface area contributed by atoms with E-state index in [0.717, 1.165) is 29.3 Å². The minimum atomic E-state index is -0.259. The molecule has 0 aliphatic carbocycles. The maximum Gasteiger partial charge on any atom is 0.227 e. The maximum absolute atomic E-state index is 12.6. The Morgan fingerprint density at radius 3 is 2.71 bits per heavy atom. The van der Waals surface area contributed by atoms with Gasteiger partial charge in [0.25, 0.3) is 0 Å². The van der Waals surface area contributed by atoms with Gasteiger partial charge in [0, 0.05) is 37.2 Å². The van der Waals surface area contributed by atoms with Gasteiger partial charge in [0.2, 0.25) is 5.91 Å². The van der Waals surface area contributed by atoms with Crippen molar-refractivity contribution in [2.24, 2.45) is 13.0 Å². The number of amides is 1. The van der Waals surface area contributed by atoms with Gasteiger partial charge in [0.05, 0.1) is 13.1 Å². The molecule has 0 atom stereocenters. The highest BCUT2D eigenvalue weighted by molar-refractivity contribution is 5.89. The molecule has 1 saturated heterocycles. The lowest BCUT2D eigenvalue weighted by Crippen LogP contribution is -2.39. The Kier molecular flexibility index (Phi) is 3.95. The molecule has 0 radical (unpaired) electrons. The number of halogens is 1. The summed E-state index contributed by atoms with van der Waals surface area (Å²) in [6, 6.07) is 8.14. The van der Waals surface area contributed by atoms with E-state index in [1.54, 1.807) is 0 Å². The van der Waals surface area contributed by atoms with Crippen LogP contribution in [0.15, 0.2) is 30.5 Å². The van der Waals surface area contributed by atoms with E-state index < -0.39 is 0 Å². The number of hydrogen-bond acceptors (Lipinski definition) is 1. The van der Waals surface area contributed by atoms with E-state index in [1.807, 2.05) is 30.3 Å². The number of piperidine rings is 1. The molecule has 0 spiro atoms. The number of likely N-dealkylation sites (tertiary alicyclic amines) is 1. The quantitative estimate of drug-likeness (QED) is 0.852. The summed E-state index contributed by atoms with van der Waals surface area (Å²) in [6.07, 6.45) is 4.05. The first kappa shape index (κ1) is 14.1. The van der Waals surface area contributed by atoms with Gasteiger partial charge in [0.15, 0.2) is 0 Å². The molecule has 1 aromatic heterocycles. The third kappa shape index (κ3) is 2.80. The molecule has 3 nitrogen and oxygen atoms in total. The molecule has 112 valence electrons. The molecule has 0 unspecified atom stereocenters. The van der Waals surface area contributed by atoms with Crippen molar-refractivity contribution in [1.29, 1.82) is 0 Å². The fourth-order valence-electron chi connectivity index (χ4n) is 3.18. The normalized spacial score (nSPS) is 16.6. The average Bonchev–Trinajstić information content (AvgIpc) is 2.84. The van der Waals surface area contributed by atoms with Crippen LogP contribution in [0.5, 0.6) is 0 Å². The molecule has 21 heavy (non-hydrogen) atoms. The van der Waals surface area contributed by atoms with Crippen LogP contribution in [0.25, 0.3) is 10.9 Å². The van der Waals surface area contributed by atoms with E-state index >= 15 is 0 Å². The van der Waals surface area contributed by atoms with Gasteiger partial charge in [-0.3, -0.25) is 9.18 Å². The van der Waals surface area contributed by atoms with Crippen LogP contribution >= 0.6 is 0 Å². The number of hydrogen-bond donors (Lipinski definition) is 0. The monoisotopic (exact) mass is 288 g/mol. The SMILES string of the molecule is Cn1cc(CC(=O)N2CCC(CF)CC2)c2ccccc21. The van der Waals surface area contributed by atoms with Crippen LogP contribution in [0.3, 0.4) is 0 Å². The van der Waals surface area contributed by atoms with Gasteiger partial charge in [-0.15, -0.1) is 0 Å². The van der Waals surface area contributed by atoms with Gasteiger partial charge >= 0.3 is 0 Å². The summed E-state index contributed by atoms with van der Waals surface area (Å²) in [7, 11) is 2.00. The number of benzene rings is 1. The molecule has 0 saturated carbocycles. The smallest absolute Gasteiger partial charge is 0.227 e. The summed E-state index contributed by atoms with van der Waals surface area (Å²) in [4.78, 5) is 14.3. The minimum absolute atomic E-state index is 0.145. The molecule has 1 fully saturated rings. The van der Waals surface area contributed by atoms with Gasteiger partial charge in [0.1, 0.15) is 0 Å². The van der Waals surface area contributed by atoms with E-state index in [0.29, 0.717) is 19.5 Å². The molecule has 1 amide bonds. The molecule has 4 heteroatoms. The van der Waals surface area contributed by atoms with Crippen LogP contribution in [-0.4, -0.2) is 35.1 Å². The molecule has 3 rings (SSSR count). The Bertz CT molecular complexity index is 641. The lowest BCUT2D eigenvalue weighted by Gasteiger charge is -2.30. The van der Waals surface area contributed by atoms with E-state index in [9.17, 15) is 9.18 Å². The highest BCUT2D eigenvalue weighted by atomic mass is 19.1. The van der Waals surface area contributed by atoms with Crippen LogP contribution in [-0.2, 0) is 18.3 Å². The fraction of sp³-hybridized carbons (Fsp3) is 0.471. The second-order valence-electron chi connectivity index (χ2n) is 5.94. The Morgan fingerprint density at radius 2 is 2.00 bits per heavy atom. The molecule has 1 aliphatic rings.